The Bertz CT molecular complexity index is 243. The Kier molecular flexibility index (Phi) is 8.83. The van der Waals surface area contributed by atoms with Crippen LogP contribution in [0.2, 0.25) is 0 Å². The van der Waals surface area contributed by atoms with Crippen LogP contribution in [0.25, 0.3) is 0 Å². The fourth-order valence-electron chi connectivity index (χ4n) is 2.11. The molecule has 2 atom stereocenters. The van der Waals surface area contributed by atoms with Crippen LogP contribution in [0.15, 0.2) is 11.6 Å². The topological polar surface area (TPSA) is 26.3 Å². The van der Waals surface area contributed by atoms with Crippen molar-refractivity contribution in [1.82, 2.24) is 0 Å². The highest BCUT2D eigenvalue weighted by Gasteiger charge is 2.10. The van der Waals surface area contributed by atoms with Gasteiger partial charge in [-0.25, -0.2) is 4.79 Å². The van der Waals surface area contributed by atoms with Gasteiger partial charge in [-0.05, 0) is 32.1 Å². The van der Waals surface area contributed by atoms with Crippen molar-refractivity contribution in [2.24, 2.45) is 11.8 Å². The molecular formula is C15H28O2. The average Bonchev–Trinajstić information content (AvgIpc) is 2.26. The van der Waals surface area contributed by atoms with Crippen molar-refractivity contribution in [3.63, 3.8) is 0 Å². The number of hydrogen-bond donors (Lipinski definition) is 0. The third-order valence-electron chi connectivity index (χ3n) is 2.96. The second kappa shape index (κ2) is 9.26. The van der Waals surface area contributed by atoms with Crippen LogP contribution in [-0.2, 0) is 9.53 Å². The first-order valence-electron chi connectivity index (χ1n) is 6.86. The molecule has 0 rings (SSSR count). The number of ether oxygens (including phenoxy) is 1. The predicted molar refractivity (Wildman–Crippen MR) is 72.9 cm³/mol. The van der Waals surface area contributed by atoms with E-state index < -0.39 is 0 Å². The van der Waals surface area contributed by atoms with E-state index in [4.69, 9.17) is 4.74 Å². The van der Waals surface area contributed by atoms with Crippen molar-refractivity contribution in [2.45, 2.75) is 60.3 Å². The largest absolute Gasteiger partial charge is 0.463 e. The lowest BCUT2D eigenvalue weighted by Gasteiger charge is -2.14. The summed E-state index contributed by atoms with van der Waals surface area (Å²) in [4.78, 5) is 11.4. The summed E-state index contributed by atoms with van der Waals surface area (Å²) in [6.45, 7) is 10.8. The fourth-order valence-corrected chi connectivity index (χ4v) is 2.11. The third-order valence-corrected chi connectivity index (χ3v) is 2.96. The maximum absolute atomic E-state index is 11.4. The standard InChI is InChI=1S/C15H28O2/c1-6-8-9-12(3)10-13(4)11-14(5)15(16)17-7-2/h11-13H,6-10H2,1-5H3/b14-11+. The molecular weight excluding hydrogens is 212 g/mol. The molecule has 0 amide bonds. The summed E-state index contributed by atoms with van der Waals surface area (Å²) in [5.41, 5.74) is 0.738. The van der Waals surface area contributed by atoms with Crippen molar-refractivity contribution in [3.05, 3.63) is 11.6 Å². The van der Waals surface area contributed by atoms with Gasteiger partial charge < -0.3 is 4.74 Å². The van der Waals surface area contributed by atoms with Crippen LogP contribution in [0, 0.1) is 11.8 Å². The van der Waals surface area contributed by atoms with Crippen LogP contribution < -0.4 is 0 Å². The number of esters is 1. The molecule has 2 unspecified atom stereocenters. The quantitative estimate of drug-likeness (QED) is 0.466. The molecule has 0 aromatic carbocycles. The summed E-state index contributed by atoms with van der Waals surface area (Å²) in [6.07, 6.45) is 7.04. The van der Waals surface area contributed by atoms with Crippen LogP contribution in [0.3, 0.4) is 0 Å². The maximum Gasteiger partial charge on any atom is 0.333 e. The lowest BCUT2D eigenvalue weighted by molar-refractivity contribution is -0.138. The molecule has 0 spiro atoms. The summed E-state index contributed by atoms with van der Waals surface area (Å²) in [5, 5.41) is 0. The van der Waals surface area contributed by atoms with Crippen molar-refractivity contribution >= 4 is 5.97 Å². The third kappa shape index (κ3) is 8.00. The van der Waals surface area contributed by atoms with Gasteiger partial charge in [-0.3, -0.25) is 0 Å². The monoisotopic (exact) mass is 240 g/mol. The smallest absolute Gasteiger partial charge is 0.333 e. The summed E-state index contributed by atoms with van der Waals surface area (Å²) < 4.78 is 4.97. The summed E-state index contributed by atoms with van der Waals surface area (Å²) >= 11 is 0. The Morgan fingerprint density at radius 1 is 1.29 bits per heavy atom. The van der Waals surface area contributed by atoms with Crippen LogP contribution in [0.5, 0.6) is 0 Å². The highest BCUT2D eigenvalue weighted by molar-refractivity contribution is 5.87. The van der Waals surface area contributed by atoms with E-state index in [0.717, 1.165) is 17.9 Å². The highest BCUT2D eigenvalue weighted by Crippen LogP contribution is 2.19. The number of carbonyl (C=O) groups excluding carboxylic acids is 1. The Balaban J connectivity index is 4.09. The molecule has 0 fully saturated rings. The summed E-state index contributed by atoms with van der Waals surface area (Å²) in [6, 6.07) is 0. The zero-order chi connectivity index (χ0) is 13.3. The first-order valence-corrected chi connectivity index (χ1v) is 6.86. The number of rotatable bonds is 8. The van der Waals surface area contributed by atoms with Crippen LogP contribution in [-0.4, -0.2) is 12.6 Å². The minimum Gasteiger partial charge on any atom is -0.463 e. The highest BCUT2D eigenvalue weighted by atomic mass is 16.5. The molecule has 0 heterocycles. The molecule has 0 N–H and O–H groups in total. The number of allylic oxidation sites excluding steroid dienone is 1. The molecule has 2 heteroatoms. The van der Waals surface area contributed by atoms with Crippen LogP contribution in [0.4, 0.5) is 0 Å². The van der Waals surface area contributed by atoms with Gasteiger partial charge in [0.05, 0.1) is 6.61 Å². The van der Waals surface area contributed by atoms with E-state index in [1.54, 1.807) is 0 Å². The van der Waals surface area contributed by atoms with Crippen molar-refractivity contribution in [1.29, 1.82) is 0 Å². The Morgan fingerprint density at radius 3 is 2.47 bits per heavy atom. The van der Waals surface area contributed by atoms with Gasteiger partial charge in [0, 0.05) is 5.57 Å². The van der Waals surface area contributed by atoms with E-state index in [2.05, 4.69) is 20.8 Å². The van der Waals surface area contributed by atoms with Crippen molar-refractivity contribution in [3.8, 4) is 0 Å². The lowest BCUT2D eigenvalue weighted by Crippen LogP contribution is -2.08. The zero-order valence-electron chi connectivity index (χ0n) is 12.1. The van der Waals surface area contributed by atoms with Crippen LogP contribution >= 0.6 is 0 Å². The fraction of sp³-hybridized carbons (Fsp3) is 0.800. The second-order valence-electron chi connectivity index (χ2n) is 5.03. The Labute approximate surface area is 106 Å². The molecule has 0 saturated heterocycles. The average molecular weight is 240 g/mol. The van der Waals surface area contributed by atoms with Crippen LogP contribution in [0.1, 0.15) is 60.3 Å². The van der Waals surface area contributed by atoms with E-state index in [1.165, 1.54) is 19.3 Å². The van der Waals surface area contributed by atoms with Crippen molar-refractivity contribution in [2.75, 3.05) is 6.61 Å². The molecule has 17 heavy (non-hydrogen) atoms. The normalized spacial score (nSPS) is 15.5. The Morgan fingerprint density at radius 2 is 1.94 bits per heavy atom. The lowest BCUT2D eigenvalue weighted by atomic mass is 9.92. The Hall–Kier alpha value is -0.790. The van der Waals surface area contributed by atoms with Gasteiger partial charge in [0.1, 0.15) is 0 Å². The van der Waals surface area contributed by atoms with Gasteiger partial charge in [0.2, 0.25) is 0 Å². The number of carbonyl (C=O) groups is 1. The molecule has 0 aromatic heterocycles. The first kappa shape index (κ1) is 16.2. The van der Waals surface area contributed by atoms with E-state index in [1.807, 2.05) is 19.9 Å². The minimum atomic E-state index is -0.180. The number of hydrogen-bond acceptors (Lipinski definition) is 2. The molecule has 0 aromatic rings. The second-order valence-corrected chi connectivity index (χ2v) is 5.03. The van der Waals surface area contributed by atoms with E-state index in [-0.39, 0.29) is 5.97 Å². The summed E-state index contributed by atoms with van der Waals surface area (Å²) in [7, 11) is 0. The van der Waals surface area contributed by atoms with E-state index in [9.17, 15) is 4.79 Å². The number of unbranched alkanes of at least 4 members (excludes halogenated alkanes) is 1. The van der Waals surface area contributed by atoms with Crippen molar-refractivity contribution < 1.29 is 9.53 Å². The first-order chi connectivity index (χ1) is 8.01. The van der Waals surface area contributed by atoms with Gasteiger partial charge in [-0.2, -0.15) is 0 Å². The molecule has 0 radical (unpaired) electrons. The summed E-state index contributed by atoms with van der Waals surface area (Å²) in [5.74, 6) is 1.00. The van der Waals surface area contributed by atoms with Gasteiger partial charge >= 0.3 is 5.97 Å². The molecule has 100 valence electrons. The zero-order valence-corrected chi connectivity index (χ0v) is 12.1. The molecule has 0 saturated carbocycles. The van der Waals surface area contributed by atoms with E-state index in [0.29, 0.717) is 12.5 Å². The SMILES string of the molecule is CCCCC(C)CC(C)/C=C(\C)C(=O)OCC. The minimum absolute atomic E-state index is 0.180. The maximum atomic E-state index is 11.4. The molecule has 0 aliphatic rings. The van der Waals surface area contributed by atoms with E-state index >= 15 is 0 Å². The molecule has 2 nitrogen and oxygen atoms in total. The predicted octanol–water partition coefficient (Wildman–Crippen LogP) is 4.35. The van der Waals surface area contributed by atoms with Gasteiger partial charge in [0.25, 0.3) is 0 Å². The van der Waals surface area contributed by atoms with Gasteiger partial charge in [0.15, 0.2) is 0 Å². The molecule has 0 aliphatic heterocycles. The molecule has 0 bridgehead atoms. The van der Waals surface area contributed by atoms with Gasteiger partial charge in [-0.15, -0.1) is 0 Å². The van der Waals surface area contributed by atoms with Gasteiger partial charge in [-0.1, -0.05) is 46.1 Å². The molecule has 0 aliphatic carbocycles.